The van der Waals surface area contributed by atoms with Crippen LogP contribution in [0.15, 0.2) is 47.6 Å². The summed E-state index contributed by atoms with van der Waals surface area (Å²) in [4.78, 5) is 22.4. The van der Waals surface area contributed by atoms with Gasteiger partial charge in [-0.3, -0.25) is 4.28 Å². The lowest BCUT2D eigenvalue weighted by Crippen LogP contribution is -2.40. The van der Waals surface area contributed by atoms with Crippen molar-refractivity contribution in [3.05, 3.63) is 48.0 Å². The molecule has 0 amide bonds. The summed E-state index contributed by atoms with van der Waals surface area (Å²) in [6.45, 7) is 2.82. The van der Waals surface area contributed by atoms with E-state index in [0.717, 1.165) is 24.3 Å². The number of rotatable bonds is 9. The number of hydrogen-bond donors (Lipinski definition) is 0. The highest BCUT2D eigenvalue weighted by molar-refractivity contribution is 7.88. The molecule has 0 saturated carbocycles. The highest BCUT2D eigenvalue weighted by Gasteiger charge is 2.57. The van der Waals surface area contributed by atoms with Gasteiger partial charge in [0, 0.05) is 11.1 Å². The SMILES string of the molecule is C=C(C)C(=O)OCCOC(=O)C(F)(F)S(=O)(=O)O/N=C(\c1ccccc1)C(F)(F)F. The molecule has 30 heavy (non-hydrogen) atoms. The molecule has 1 rings (SSSR count). The number of oxime groups is 1. The lowest BCUT2D eigenvalue weighted by atomic mass is 10.1. The third-order valence-corrected chi connectivity index (χ3v) is 4.06. The second-order valence-electron chi connectivity index (χ2n) is 5.40. The second-order valence-corrected chi connectivity index (χ2v) is 6.97. The number of esters is 2. The Hall–Kier alpha value is -3.03. The van der Waals surface area contributed by atoms with Crippen LogP contribution in [-0.4, -0.2) is 50.7 Å². The molecule has 0 unspecified atom stereocenters. The van der Waals surface area contributed by atoms with Crippen molar-refractivity contribution in [2.45, 2.75) is 18.4 Å². The summed E-state index contributed by atoms with van der Waals surface area (Å²) in [5.41, 5.74) is -2.65. The Morgan fingerprint density at radius 1 is 1.03 bits per heavy atom. The van der Waals surface area contributed by atoms with Crippen molar-refractivity contribution >= 4 is 27.8 Å². The summed E-state index contributed by atoms with van der Waals surface area (Å²) in [7, 11) is -6.31. The van der Waals surface area contributed by atoms with Crippen LogP contribution in [0.3, 0.4) is 0 Å². The maximum Gasteiger partial charge on any atom is 0.478 e. The molecule has 0 saturated heterocycles. The smallest absolute Gasteiger partial charge is 0.459 e. The molecule has 8 nitrogen and oxygen atoms in total. The zero-order valence-corrected chi connectivity index (χ0v) is 15.9. The molecule has 0 aromatic heterocycles. The molecule has 14 heteroatoms. The topological polar surface area (TPSA) is 108 Å². The summed E-state index contributed by atoms with van der Waals surface area (Å²) in [5, 5.41) is -3.14. The zero-order chi connectivity index (χ0) is 23.2. The fourth-order valence-electron chi connectivity index (χ4n) is 1.58. The first-order valence-electron chi connectivity index (χ1n) is 7.71. The van der Waals surface area contributed by atoms with Gasteiger partial charge in [-0.1, -0.05) is 42.1 Å². The van der Waals surface area contributed by atoms with E-state index in [1.807, 2.05) is 0 Å². The summed E-state index contributed by atoms with van der Waals surface area (Å²) in [6.07, 6.45) is -5.26. The van der Waals surface area contributed by atoms with Gasteiger partial charge in [-0.15, -0.1) is 0 Å². The molecule has 0 atom stereocenters. The minimum atomic E-state index is -6.31. The Labute approximate surface area is 167 Å². The molecule has 0 spiro atoms. The fourth-order valence-corrected chi connectivity index (χ4v) is 2.10. The Morgan fingerprint density at radius 2 is 1.57 bits per heavy atom. The summed E-state index contributed by atoms with van der Waals surface area (Å²) >= 11 is 0. The molecule has 0 aliphatic rings. The van der Waals surface area contributed by atoms with Crippen molar-refractivity contribution < 1.29 is 53.7 Å². The standard InChI is InChI=1S/C16H14F5NO7S/c1-10(2)13(23)27-8-9-28-14(24)16(20,21)30(25,26)29-22-12(15(17,18)19)11-6-4-3-5-7-11/h3-7H,1,8-9H2,2H3/b22-12+. The van der Waals surface area contributed by atoms with Crippen molar-refractivity contribution in [3.63, 3.8) is 0 Å². The van der Waals surface area contributed by atoms with Gasteiger partial charge in [0.15, 0.2) is 5.71 Å². The van der Waals surface area contributed by atoms with Crippen molar-refractivity contribution in [3.8, 4) is 0 Å². The van der Waals surface area contributed by atoms with Crippen LogP contribution in [0.1, 0.15) is 12.5 Å². The van der Waals surface area contributed by atoms with E-state index >= 15 is 0 Å². The van der Waals surface area contributed by atoms with Gasteiger partial charge < -0.3 is 9.47 Å². The Morgan fingerprint density at radius 3 is 2.07 bits per heavy atom. The van der Waals surface area contributed by atoms with Gasteiger partial charge in [-0.25, -0.2) is 9.59 Å². The predicted molar refractivity (Wildman–Crippen MR) is 90.7 cm³/mol. The Bertz CT molecular complexity index is 927. The van der Waals surface area contributed by atoms with Gasteiger partial charge in [0.25, 0.3) is 0 Å². The predicted octanol–water partition coefficient (Wildman–Crippen LogP) is 2.55. The molecule has 1 aromatic carbocycles. The minimum absolute atomic E-state index is 0.0422. The average Bonchev–Trinajstić information content (AvgIpc) is 2.64. The molecule has 0 bridgehead atoms. The molecular formula is C16H14F5NO7S. The van der Waals surface area contributed by atoms with Crippen molar-refractivity contribution in [1.82, 2.24) is 0 Å². The number of hydrogen-bond acceptors (Lipinski definition) is 8. The molecular weight excluding hydrogens is 445 g/mol. The average molecular weight is 459 g/mol. The molecule has 0 heterocycles. The normalized spacial score (nSPS) is 12.8. The van der Waals surface area contributed by atoms with Crippen LogP contribution in [0, 0.1) is 0 Å². The van der Waals surface area contributed by atoms with Crippen LogP contribution in [0.5, 0.6) is 0 Å². The molecule has 0 fully saturated rings. The number of carbonyl (C=O) groups is 2. The first kappa shape index (κ1) is 25.0. The van der Waals surface area contributed by atoms with E-state index in [-0.39, 0.29) is 5.57 Å². The second kappa shape index (κ2) is 9.65. The lowest BCUT2D eigenvalue weighted by molar-refractivity contribution is -0.164. The third kappa shape index (κ3) is 6.50. The summed E-state index contributed by atoms with van der Waals surface area (Å²) in [5.74, 6) is -3.60. The largest absolute Gasteiger partial charge is 0.478 e. The van der Waals surface area contributed by atoms with Gasteiger partial charge >= 0.3 is 33.5 Å². The maximum atomic E-state index is 13.8. The maximum absolute atomic E-state index is 13.8. The van der Waals surface area contributed by atoms with Crippen LogP contribution < -0.4 is 0 Å². The number of benzene rings is 1. The van der Waals surface area contributed by atoms with Crippen molar-refractivity contribution in [2.75, 3.05) is 13.2 Å². The molecule has 0 aliphatic carbocycles. The fraction of sp³-hybridized carbons (Fsp3) is 0.312. The number of ether oxygens (including phenoxy) is 2. The lowest BCUT2D eigenvalue weighted by Gasteiger charge is -2.15. The zero-order valence-electron chi connectivity index (χ0n) is 15.1. The first-order valence-corrected chi connectivity index (χ1v) is 9.12. The van der Waals surface area contributed by atoms with Crippen LogP contribution in [0.4, 0.5) is 22.0 Å². The number of nitrogens with zero attached hydrogens (tertiary/aromatic N) is 1. The van der Waals surface area contributed by atoms with E-state index in [9.17, 15) is 40.0 Å². The van der Waals surface area contributed by atoms with E-state index in [0.29, 0.717) is 0 Å². The van der Waals surface area contributed by atoms with Crippen LogP contribution in [-0.2, 0) is 33.5 Å². The molecule has 1 aromatic rings. The Kier molecular flexibility index (Phi) is 8.04. The summed E-state index contributed by atoms with van der Waals surface area (Å²) in [6, 6.07) is 5.39. The van der Waals surface area contributed by atoms with Crippen LogP contribution >= 0.6 is 0 Å². The van der Waals surface area contributed by atoms with Crippen molar-refractivity contribution in [2.24, 2.45) is 5.16 Å². The molecule has 166 valence electrons. The molecule has 0 radical (unpaired) electrons. The van der Waals surface area contributed by atoms with Gasteiger partial charge in [0.1, 0.15) is 13.2 Å². The number of halogens is 5. The van der Waals surface area contributed by atoms with E-state index < -0.39 is 58.0 Å². The third-order valence-electron chi connectivity index (χ3n) is 2.99. The summed E-state index contributed by atoms with van der Waals surface area (Å²) < 4.78 is 102. The van der Waals surface area contributed by atoms with Crippen LogP contribution in [0.25, 0.3) is 0 Å². The monoisotopic (exact) mass is 459 g/mol. The number of carbonyl (C=O) groups excluding carboxylic acids is 2. The van der Waals surface area contributed by atoms with Gasteiger partial charge in [0.2, 0.25) is 0 Å². The minimum Gasteiger partial charge on any atom is -0.459 e. The first-order chi connectivity index (χ1) is 13.7. The van der Waals surface area contributed by atoms with E-state index in [2.05, 4.69) is 25.5 Å². The highest BCUT2D eigenvalue weighted by Crippen LogP contribution is 2.28. The quantitative estimate of drug-likeness (QED) is 0.139. The van der Waals surface area contributed by atoms with Gasteiger partial charge in [-0.05, 0) is 6.92 Å². The van der Waals surface area contributed by atoms with E-state index in [1.165, 1.54) is 13.0 Å². The molecule has 0 aliphatic heterocycles. The van der Waals surface area contributed by atoms with Gasteiger partial charge in [-0.2, -0.15) is 30.4 Å². The van der Waals surface area contributed by atoms with Crippen LogP contribution in [0.2, 0.25) is 0 Å². The highest BCUT2D eigenvalue weighted by atomic mass is 32.2. The van der Waals surface area contributed by atoms with Crippen molar-refractivity contribution in [1.29, 1.82) is 0 Å². The van der Waals surface area contributed by atoms with E-state index in [4.69, 9.17) is 0 Å². The van der Waals surface area contributed by atoms with E-state index in [1.54, 1.807) is 0 Å². The Balaban J connectivity index is 2.91. The molecule has 0 N–H and O–H groups in total. The van der Waals surface area contributed by atoms with Gasteiger partial charge in [0.05, 0.1) is 0 Å². The number of alkyl halides is 5.